The zero-order valence-electron chi connectivity index (χ0n) is 24.2. The molecule has 3 aromatic rings. The molecule has 2 N–H and O–H groups in total. The molecule has 1 aromatic heterocycles. The number of nitrogens with zero attached hydrogens (tertiary/aromatic N) is 2. The lowest BCUT2D eigenvalue weighted by Gasteiger charge is -2.44. The first-order valence-electron chi connectivity index (χ1n) is 14.9. The van der Waals surface area contributed by atoms with Crippen LogP contribution < -0.4 is 5.32 Å². The van der Waals surface area contributed by atoms with Gasteiger partial charge < -0.3 is 15.2 Å². The topological polar surface area (TPSA) is 91.8 Å². The summed E-state index contributed by atoms with van der Waals surface area (Å²) in [7, 11) is 0. The lowest BCUT2D eigenvalue weighted by atomic mass is 9.71. The Labute approximate surface area is 264 Å². The maximum atomic E-state index is 16.8. The minimum absolute atomic E-state index is 0.00997. The summed E-state index contributed by atoms with van der Waals surface area (Å²) in [6, 6.07) is 12.4. The van der Waals surface area contributed by atoms with Crippen molar-refractivity contribution in [2.75, 3.05) is 13.1 Å². The summed E-state index contributed by atoms with van der Waals surface area (Å²) in [6.07, 6.45) is 1.70. The molecular formula is C33H33Cl2F2N3O4. The molecule has 6 rings (SSSR count). The van der Waals surface area contributed by atoms with Crippen LogP contribution in [-0.4, -0.2) is 51.5 Å². The third-order valence-electron chi connectivity index (χ3n) is 9.29. The normalized spacial score (nSPS) is 24.4. The Morgan fingerprint density at radius 2 is 1.82 bits per heavy atom. The molecule has 1 saturated heterocycles. The lowest BCUT2D eigenvalue weighted by Crippen LogP contribution is -2.54. The molecule has 1 unspecified atom stereocenters. The van der Waals surface area contributed by atoms with Crippen LogP contribution in [0.2, 0.25) is 10.0 Å². The van der Waals surface area contributed by atoms with Crippen LogP contribution in [-0.2, 0) is 27.4 Å². The number of benzene rings is 2. The first-order valence-corrected chi connectivity index (χ1v) is 15.6. The Kier molecular flexibility index (Phi) is 8.30. The number of rotatable bonds is 8. The molecule has 2 fully saturated rings. The van der Waals surface area contributed by atoms with Crippen LogP contribution in [0.25, 0.3) is 0 Å². The molecule has 1 aliphatic carbocycles. The van der Waals surface area contributed by atoms with Gasteiger partial charge in [0.1, 0.15) is 22.9 Å². The van der Waals surface area contributed by atoms with Crippen molar-refractivity contribution in [1.82, 2.24) is 15.2 Å². The Hall–Kier alpha value is -2.95. The second-order valence-corrected chi connectivity index (χ2v) is 12.7. The van der Waals surface area contributed by atoms with Gasteiger partial charge in [-0.1, -0.05) is 42.3 Å². The second-order valence-electron chi connectivity index (χ2n) is 11.8. The number of hydrogen-bond donors (Lipinski definition) is 2. The highest BCUT2D eigenvalue weighted by Crippen LogP contribution is 2.52. The number of amides is 1. The van der Waals surface area contributed by atoms with Gasteiger partial charge in [-0.3, -0.25) is 19.5 Å². The summed E-state index contributed by atoms with van der Waals surface area (Å²) in [6.45, 7) is 2.27. The van der Waals surface area contributed by atoms with E-state index in [1.807, 2.05) is 0 Å². The molecule has 44 heavy (non-hydrogen) atoms. The fraction of sp³-hybridized carbons (Fsp3) is 0.424. The number of carbonyl (C=O) groups excluding carboxylic acids is 2. The van der Waals surface area contributed by atoms with E-state index in [1.54, 1.807) is 43.3 Å². The first kappa shape index (κ1) is 31.0. The van der Waals surface area contributed by atoms with Crippen LogP contribution in [0.3, 0.4) is 0 Å². The van der Waals surface area contributed by atoms with Crippen LogP contribution >= 0.6 is 23.2 Å². The predicted molar refractivity (Wildman–Crippen MR) is 162 cm³/mol. The number of ether oxygens (including phenoxy) is 1. The zero-order chi connectivity index (χ0) is 31.3. The Morgan fingerprint density at radius 1 is 1.11 bits per heavy atom. The number of nitrogens with one attached hydrogen (secondary N) is 1. The van der Waals surface area contributed by atoms with Crippen LogP contribution in [0.1, 0.15) is 78.2 Å². The number of fused-ring (bicyclic) bond motifs is 1. The molecule has 11 heteroatoms. The van der Waals surface area contributed by atoms with E-state index in [4.69, 9.17) is 27.9 Å². The third-order valence-corrected chi connectivity index (χ3v) is 9.77. The van der Waals surface area contributed by atoms with Gasteiger partial charge in [-0.25, -0.2) is 8.78 Å². The van der Waals surface area contributed by atoms with E-state index < -0.39 is 34.8 Å². The van der Waals surface area contributed by atoms with Crippen LogP contribution in [0.4, 0.5) is 8.78 Å². The predicted octanol–water partition coefficient (Wildman–Crippen LogP) is 6.21. The number of alkyl halides is 1. The van der Waals surface area contributed by atoms with Crippen molar-refractivity contribution in [1.29, 1.82) is 0 Å². The summed E-state index contributed by atoms with van der Waals surface area (Å²) < 4.78 is 40.0. The number of halogens is 4. The van der Waals surface area contributed by atoms with Gasteiger partial charge in [0.05, 0.1) is 34.5 Å². The molecule has 0 spiro atoms. The molecule has 3 aliphatic rings. The van der Waals surface area contributed by atoms with Gasteiger partial charge in [-0.2, -0.15) is 0 Å². The fourth-order valence-corrected chi connectivity index (χ4v) is 7.17. The zero-order valence-corrected chi connectivity index (χ0v) is 25.7. The largest absolute Gasteiger partial charge is 0.382 e. The smallest absolute Gasteiger partial charge is 0.257 e. The highest BCUT2D eigenvalue weighted by molar-refractivity contribution is 6.30. The quantitative estimate of drug-likeness (QED) is 0.303. The highest BCUT2D eigenvalue weighted by atomic mass is 35.5. The maximum Gasteiger partial charge on any atom is 0.257 e. The summed E-state index contributed by atoms with van der Waals surface area (Å²) in [5, 5.41) is 15.8. The average molecular weight is 645 g/mol. The molecule has 2 aliphatic heterocycles. The molecule has 0 bridgehead atoms. The SMILES string of the molecule is CCC(O)(c1cc(F)c2c(c1)C(=O)N(Cc1ccc(Cl)cn1)[C@@]2(O[C@H]1CCC(=O)C1)c1ccc(Cl)cc1)C1(F)CCNCC1. The second kappa shape index (κ2) is 11.8. The molecule has 3 atom stereocenters. The number of aromatic nitrogens is 1. The van der Waals surface area contributed by atoms with Crippen LogP contribution in [0.15, 0.2) is 54.7 Å². The molecular weight excluding hydrogens is 611 g/mol. The molecule has 1 saturated carbocycles. The Balaban J connectivity index is 1.57. The van der Waals surface area contributed by atoms with E-state index in [1.165, 1.54) is 17.2 Å². The van der Waals surface area contributed by atoms with Gasteiger partial charge in [0, 0.05) is 29.6 Å². The molecule has 2 aromatic carbocycles. The summed E-state index contributed by atoms with van der Waals surface area (Å²) in [5.74, 6) is -1.41. The van der Waals surface area contributed by atoms with E-state index in [-0.39, 0.29) is 54.7 Å². The van der Waals surface area contributed by atoms with Crippen molar-refractivity contribution >= 4 is 34.9 Å². The van der Waals surface area contributed by atoms with E-state index in [9.17, 15) is 14.7 Å². The number of carbonyl (C=O) groups is 2. The fourth-order valence-electron chi connectivity index (χ4n) is 6.93. The molecule has 7 nitrogen and oxygen atoms in total. The monoisotopic (exact) mass is 643 g/mol. The minimum atomic E-state index is -2.04. The maximum absolute atomic E-state index is 16.8. The average Bonchev–Trinajstić information content (AvgIpc) is 3.53. The van der Waals surface area contributed by atoms with Crippen molar-refractivity contribution in [3.05, 3.63) is 98.5 Å². The Bertz CT molecular complexity index is 1580. The van der Waals surface area contributed by atoms with E-state index in [0.717, 1.165) is 6.07 Å². The number of pyridine rings is 1. The van der Waals surface area contributed by atoms with E-state index in [0.29, 0.717) is 47.2 Å². The molecule has 3 heterocycles. The van der Waals surface area contributed by atoms with Gasteiger partial charge in [0.25, 0.3) is 5.91 Å². The van der Waals surface area contributed by atoms with E-state index >= 15 is 8.78 Å². The summed E-state index contributed by atoms with van der Waals surface area (Å²) in [4.78, 5) is 32.6. The van der Waals surface area contributed by atoms with Crippen molar-refractivity contribution in [3.8, 4) is 0 Å². The number of hydrogen-bond acceptors (Lipinski definition) is 6. The standard InChI is InChI=1S/C33H33Cl2F2N3O4/c1-2-32(43,31(37)11-13-38-14-12-31)21-15-27-29(28(36)16-21)33(20-3-5-22(34)6-4-20,44-26-10-9-25(41)17-26)40(30(27)42)19-24-8-7-23(35)18-39-24/h3-8,15-16,18,26,38,43H,2,9-14,17,19H2,1H3/t26-,32?,33+/m0/s1. The van der Waals surface area contributed by atoms with Crippen molar-refractivity contribution in [3.63, 3.8) is 0 Å². The van der Waals surface area contributed by atoms with Crippen LogP contribution in [0.5, 0.6) is 0 Å². The molecule has 0 radical (unpaired) electrons. The van der Waals surface area contributed by atoms with Gasteiger partial charge >= 0.3 is 0 Å². The number of ketones is 1. The van der Waals surface area contributed by atoms with Gasteiger partial charge in [-0.15, -0.1) is 0 Å². The van der Waals surface area contributed by atoms with Gasteiger partial charge in [0.2, 0.25) is 5.72 Å². The third kappa shape index (κ3) is 5.12. The highest BCUT2D eigenvalue weighted by Gasteiger charge is 2.58. The van der Waals surface area contributed by atoms with E-state index in [2.05, 4.69) is 10.3 Å². The first-order chi connectivity index (χ1) is 21.0. The minimum Gasteiger partial charge on any atom is -0.382 e. The summed E-state index contributed by atoms with van der Waals surface area (Å²) in [5.41, 5.74) is -5.15. The van der Waals surface area contributed by atoms with Gasteiger partial charge in [-0.05, 0) is 80.7 Å². The van der Waals surface area contributed by atoms with Crippen molar-refractivity contribution in [2.24, 2.45) is 0 Å². The van der Waals surface area contributed by atoms with Crippen LogP contribution in [0, 0.1) is 5.82 Å². The van der Waals surface area contributed by atoms with Crippen molar-refractivity contribution in [2.45, 2.75) is 75.1 Å². The van der Waals surface area contributed by atoms with Gasteiger partial charge in [0.15, 0.2) is 0 Å². The number of aliphatic hydroxyl groups is 1. The lowest BCUT2D eigenvalue weighted by molar-refractivity contribution is -0.149. The van der Waals surface area contributed by atoms with Crippen molar-refractivity contribution < 1.29 is 28.2 Å². The molecule has 1 amide bonds. The Morgan fingerprint density at radius 3 is 2.43 bits per heavy atom. The number of Topliss-reactive ketones (excluding diaryl/α,β-unsaturated/α-hetero) is 1. The molecule has 232 valence electrons. The number of piperidine rings is 1. The summed E-state index contributed by atoms with van der Waals surface area (Å²) >= 11 is 12.3.